The molecule has 0 fully saturated rings. The number of aromatic nitrogens is 1. The van der Waals surface area contributed by atoms with Crippen LogP contribution in [-0.4, -0.2) is 21.0 Å². The minimum Gasteiger partial charge on any atom is -0.478 e. The van der Waals surface area contributed by atoms with Crippen LogP contribution in [0.25, 0.3) is 11.1 Å². The van der Waals surface area contributed by atoms with Crippen LogP contribution in [0.1, 0.15) is 15.9 Å². The first kappa shape index (κ1) is 12.7. The van der Waals surface area contributed by atoms with Gasteiger partial charge in [-0.1, -0.05) is 12.1 Å². The van der Waals surface area contributed by atoms with Crippen molar-refractivity contribution in [1.82, 2.24) is 4.98 Å². The zero-order valence-electron chi connectivity index (χ0n) is 10.0. The molecule has 0 atom stereocenters. The van der Waals surface area contributed by atoms with Gasteiger partial charge in [-0.25, -0.2) is 4.79 Å². The van der Waals surface area contributed by atoms with Crippen LogP contribution in [0, 0.1) is 17.0 Å². The third kappa shape index (κ3) is 2.42. The molecular weight excluding hydrogens is 248 g/mol. The highest BCUT2D eigenvalue weighted by Crippen LogP contribution is 2.28. The molecular formula is C13H10N2O4. The van der Waals surface area contributed by atoms with Gasteiger partial charge in [0.2, 0.25) is 0 Å². The molecule has 1 N–H and O–H groups in total. The highest BCUT2D eigenvalue weighted by Gasteiger charge is 2.16. The number of hydrogen-bond acceptors (Lipinski definition) is 4. The molecule has 0 amide bonds. The van der Waals surface area contributed by atoms with Crippen molar-refractivity contribution in [2.45, 2.75) is 6.92 Å². The van der Waals surface area contributed by atoms with Gasteiger partial charge in [0.25, 0.3) is 5.69 Å². The van der Waals surface area contributed by atoms with Gasteiger partial charge in [0.15, 0.2) is 0 Å². The van der Waals surface area contributed by atoms with Gasteiger partial charge in [-0.3, -0.25) is 15.1 Å². The van der Waals surface area contributed by atoms with Crippen molar-refractivity contribution >= 4 is 11.7 Å². The van der Waals surface area contributed by atoms with Crippen LogP contribution in [-0.2, 0) is 0 Å². The molecule has 0 aliphatic carbocycles. The Morgan fingerprint density at radius 1 is 1.37 bits per heavy atom. The van der Waals surface area contributed by atoms with Crippen LogP contribution in [0.15, 0.2) is 36.7 Å². The van der Waals surface area contributed by atoms with E-state index in [4.69, 9.17) is 5.11 Å². The molecule has 96 valence electrons. The topological polar surface area (TPSA) is 93.3 Å². The molecule has 6 nitrogen and oxygen atoms in total. The van der Waals surface area contributed by atoms with E-state index < -0.39 is 10.9 Å². The number of aromatic carboxylic acids is 1. The van der Waals surface area contributed by atoms with E-state index in [0.717, 1.165) is 0 Å². The third-order valence-electron chi connectivity index (χ3n) is 2.81. The summed E-state index contributed by atoms with van der Waals surface area (Å²) in [6.07, 6.45) is 2.67. The van der Waals surface area contributed by atoms with Crippen LogP contribution >= 0.6 is 0 Å². The first-order valence-corrected chi connectivity index (χ1v) is 5.43. The molecule has 6 heteroatoms. The van der Waals surface area contributed by atoms with Crippen LogP contribution in [0.5, 0.6) is 0 Å². The lowest BCUT2D eigenvalue weighted by molar-refractivity contribution is -0.385. The smallest absolute Gasteiger partial charge is 0.335 e. The maximum atomic E-state index is 10.9. The predicted octanol–water partition coefficient (Wildman–Crippen LogP) is 2.66. The average molecular weight is 258 g/mol. The van der Waals surface area contributed by atoms with Crippen LogP contribution < -0.4 is 0 Å². The lowest BCUT2D eigenvalue weighted by Gasteiger charge is -2.06. The fraction of sp³-hybridized carbons (Fsp3) is 0.0769. The molecule has 1 aromatic carbocycles. The summed E-state index contributed by atoms with van der Waals surface area (Å²) >= 11 is 0. The fourth-order valence-electron chi connectivity index (χ4n) is 1.81. The Morgan fingerprint density at radius 3 is 2.74 bits per heavy atom. The minimum absolute atomic E-state index is 0.0850. The summed E-state index contributed by atoms with van der Waals surface area (Å²) in [4.78, 5) is 25.1. The van der Waals surface area contributed by atoms with Gasteiger partial charge < -0.3 is 5.11 Å². The Bertz CT molecular complexity index is 667. The van der Waals surface area contributed by atoms with Crippen molar-refractivity contribution in [1.29, 1.82) is 0 Å². The molecule has 0 aliphatic rings. The number of hydrogen-bond donors (Lipinski definition) is 1. The highest BCUT2D eigenvalue weighted by molar-refractivity contribution is 5.89. The van der Waals surface area contributed by atoms with E-state index in [-0.39, 0.29) is 11.3 Å². The van der Waals surface area contributed by atoms with Crippen molar-refractivity contribution in [3.05, 3.63) is 57.9 Å². The average Bonchev–Trinajstić information content (AvgIpc) is 2.38. The van der Waals surface area contributed by atoms with E-state index in [9.17, 15) is 14.9 Å². The van der Waals surface area contributed by atoms with Crippen molar-refractivity contribution in [2.75, 3.05) is 0 Å². The lowest BCUT2D eigenvalue weighted by Crippen LogP contribution is -1.98. The van der Waals surface area contributed by atoms with Crippen molar-refractivity contribution in [3.8, 4) is 11.1 Å². The molecule has 2 aromatic rings. The Hall–Kier alpha value is -2.76. The number of carboxylic acids is 1. The summed E-state index contributed by atoms with van der Waals surface area (Å²) in [5.74, 6) is -1.04. The van der Waals surface area contributed by atoms with Crippen molar-refractivity contribution in [2.24, 2.45) is 0 Å². The number of carboxylic acid groups (broad SMARTS) is 1. The number of nitrogens with zero attached hydrogens (tertiary/aromatic N) is 2. The quantitative estimate of drug-likeness (QED) is 0.674. The summed E-state index contributed by atoms with van der Waals surface area (Å²) in [5, 5.41) is 19.8. The predicted molar refractivity (Wildman–Crippen MR) is 68.0 cm³/mol. The lowest BCUT2D eigenvalue weighted by atomic mass is 10.00. The van der Waals surface area contributed by atoms with E-state index in [1.165, 1.54) is 24.5 Å². The number of rotatable bonds is 3. The van der Waals surface area contributed by atoms with Crippen LogP contribution in [0.2, 0.25) is 0 Å². The van der Waals surface area contributed by atoms with Gasteiger partial charge in [0.1, 0.15) is 6.20 Å². The van der Waals surface area contributed by atoms with Gasteiger partial charge in [0.05, 0.1) is 10.5 Å². The van der Waals surface area contributed by atoms with E-state index >= 15 is 0 Å². The first-order valence-electron chi connectivity index (χ1n) is 5.43. The second-order valence-corrected chi connectivity index (χ2v) is 3.97. The second-order valence-electron chi connectivity index (χ2n) is 3.97. The Labute approximate surface area is 108 Å². The molecule has 0 aliphatic heterocycles. The van der Waals surface area contributed by atoms with Gasteiger partial charge in [-0.15, -0.1) is 0 Å². The number of nitro groups is 1. The molecule has 0 saturated carbocycles. The molecule has 0 saturated heterocycles. The molecule has 0 radical (unpaired) electrons. The minimum atomic E-state index is -1.04. The summed E-state index contributed by atoms with van der Waals surface area (Å²) in [6, 6.07) is 6.22. The number of benzene rings is 1. The first-order chi connectivity index (χ1) is 9.00. The number of carbonyl (C=O) groups is 1. The maximum absolute atomic E-state index is 10.9. The molecule has 0 unspecified atom stereocenters. The maximum Gasteiger partial charge on any atom is 0.335 e. The van der Waals surface area contributed by atoms with Crippen LogP contribution in [0.4, 0.5) is 5.69 Å². The normalized spacial score (nSPS) is 10.2. The van der Waals surface area contributed by atoms with E-state index in [2.05, 4.69) is 4.98 Å². The van der Waals surface area contributed by atoms with Crippen LogP contribution in [0.3, 0.4) is 0 Å². The standard InChI is InChI=1S/C13H10N2O4/c1-8-11(6-14-7-12(8)15(18)19)9-3-2-4-10(5-9)13(16)17/h2-7H,1H3,(H,16,17). The fourth-order valence-corrected chi connectivity index (χ4v) is 1.81. The third-order valence-corrected chi connectivity index (χ3v) is 2.81. The summed E-state index contributed by atoms with van der Waals surface area (Å²) in [6.45, 7) is 1.61. The zero-order chi connectivity index (χ0) is 14.0. The summed E-state index contributed by atoms with van der Waals surface area (Å²) in [5.41, 5.74) is 1.65. The number of pyridine rings is 1. The SMILES string of the molecule is Cc1c(-c2cccc(C(=O)O)c2)cncc1[N+](=O)[O-]. The zero-order valence-corrected chi connectivity index (χ0v) is 10.0. The van der Waals surface area contributed by atoms with E-state index in [0.29, 0.717) is 16.7 Å². The Kier molecular flexibility index (Phi) is 3.24. The summed E-state index contributed by atoms with van der Waals surface area (Å²) < 4.78 is 0. The monoisotopic (exact) mass is 258 g/mol. The molecule has 0 spiro atoms. The molecule has 1 aromatic heterocycles. The van der Waals surface area contributed by atoms with Gasteiger partial charge >= 0.3 is 5.97 Å². The van der Waals surface area contributed by atoms with E-state index in [1.807, 2.05) is 0 Å². The largest absolute Gasteiger partial charge is 0.478 e. The van der Waals surface area contributed by atoms with E-state index in [1.54, 1.807) is 19.1 Å². The summed E-state index contributed by atoms with van der Waals surface area (Å²) in [7, 11) is 0. The van der Waals surface area contributed by atoms with Crippen molar-refractivity contribution in [3.63, 3.8) is 0 Å². The molecule has 19 heavy (non-hydrogen) atoms. The second kappa shape index (κ2) is 4.85. The highest BCUT2D eigenvalue weighted by atomic mass is 16.6. The van der Waals surface area contributed by atoms with Gasteiger partial charge in [-0.2, -0.15) is 0 Å². The van der Waals surface area contributed by atoms with Crippen molar-refractivity contribution < 1.29 is 14.8 Å². The Morgan fingerprint density at radius 2 is 2.11 bits per heavy atom. The van der Waals surface area contributed by atoms with Gasteiger partial charge in [-0.05, 0) is 24.6 Å². The van der Waals surface area contributed by atoms with Gasteiger partial charge in [0, 0.05) is 17.3 Å². The Balaban J connectivity index is 2.59. The molecule has 1 heterocycles. The molecule has 0 bridgehead atoms. The molecule has 2 rings (SSSR count).